The standard InChI is InChI=1S/C20H28ClN2O5P/c1-12(2)10-17-19(15-7-6-13(3)16(21)11-15)18(20(22)24)14(4)23(17)8-5-9-28-29(25,26)27/h6-7,11-12H,5,8-10H2,1-4H3,(H2,22,24)(H2,25,26,27). The Hall–Kier alpha value is -1.63. The molecule has 0 saturated heterocycles. The highest BCUT2D eigenvalue weighted by Gasteiger charge is 2.25. The van der Waals surface area contributed by atoms with Crippen molar-refractivity contribution in [1.29, 1.82) is 0 Å². The molecular weight excluding hydrogens is 415 g/mol. The lowest BCUT2D eigenvalue weighted by atomic mass is 9.95. The number of aromatic nitrogens is 1. The van der Waals surface area contributed by atoms with E-state index in [0.29, 0.717) is 35.9 Å². The molecule has 0 unspecified atom stereocenters. The highest BCUT2D eigenvalue weighted by atomic mass is 35.5. The average Bonchev–Trinajstić information content (AvgIpc) is 2.85. The van der Waals surface area contributed by atoms with E-state index in [4.69, 9.17) is 27.1 Å². The van der Waals surface area contributed by atoms with Crippen molar-refractivity contribution in [3.8, 4) is 11.1 Å². The number of hydrogen-bond donors (Lipinski definition) is 3. The van der Waals surface area contributed by atoms with E-state index in [1.54, 1.807) is 0 Å². The third-order valence-corrected chi connectivity index (χ3v) is 5.65. The molecule has 0 saturated carbocycles. The highest BCUT2D eigenvalue weighted by Crippen LogP contribution is 2.37. The quantitative estimate of drug-likeness (QED) is 0.397. The topological polar surface area (TPSA) is 115 Å². The molecule has 0 aliphatic rings. The summed E-state index contributed by atoms with van der Waals surface area (Å²) in [6, 6.07) is 5.67. The minimum Gasteiger partial charge on any atom is -0.366 e. The highest BCUT2D eigenvalue weighted by molar-refractivity contribution is 7.46. The number of primary amides is 1. The van der Waals surface area contributed by atoms with Crippen molar-refractivity contribution in [3.05, 3.63) is 45.7 Å². The van der Waals surface area contributed by atoms with Gasteiger partial charge in [-0.1, -0.05) is 37.6 Å². The molecule has 2 rings (SSSR count). The summed E-state index contributed by atoms with van der Waals surface area (Å²) in [5.74, 6) is -0.209. The van der Waals surface area contributed by atoms with E-state index in [9.17, 15) is 9.36 Å². The van der Waals surface area contributed by atoms with Crippen LogP contribution in [0.3, 0.4) is 0 Å². The van der Waals surface area contributed by atoms with Gasteiger partial charge in [0.2, 0.25) is 0 Å². The summed E-state index contributed by atoms with van der Waals surface area (Å²) in [5.41, 5.74) is 10.4. The number of carbonyl (C=O) groups is 1. The monoisotopic (exact) mass is 442 g/mol. The first-order chi connectivity index (χ1) is 13.4. The Kier molecular flexibility index (Phi) is 7.71. The lowest BCUT2D eigenvalue weighted by Crippen LogP contribution is -2.14. The van der Waals surface area contributed by atoms with Crippen LogP contribution in [-0.4, -0.2) is 26.9 Å². The number of hydrogen-bond acceptors (Lipinski definition) is 3. The Morgan fingerprint density at radius 3 is 2.48 bits per heavy atom. The van der Waals surface area contributed by atoms with E-state index in [-0.39, 0.29) is 6.61 Å². The second-order valence-corrected chi connectivity index (χ2v) is 9.18. The molecule has 1 aromatic heterocycles. The smallest absolute Gasteiger partial charge is 0.366 e. The third-order valence-electron chi connectivity index (χ3n) is 4.73. The molecule has 0 aliphatic carbocycles. The van der Waals surface area contributed by atoms with Crippen molar-refractivity contribution in [2.24, 2.45) is 11.7 Å². The first kappa shape index (κ1) is 23.6. The molecule has 9 heteroatoms. The van der Waals surface area contributed by atoms with Crippen molar-refractivity contribution >= 4 is 25.3 Å². The number of nitrogens with zero attached hydrogens (tertiary/aromatic N) is 1. The molecule has 0 aliphatic heterocycles. The van der Waals surface area contributed by atoms with Gasteiger partial charge in [-0.3, -0.25) is 9.32 Å². The molecule has 0 spiro atoms. The van der Waals surface area contributed by atoms with Gasteiger partial charge in [-0.05, 0) is 49.8 Å². The number of rotatable bonds is 9. The molecule has 1 aromatic carbocycles. The Morgan fingerprint density at radius 1 is 1.31 bits per heavy atom. The molecule has 0 atom stereocenters. The fourth-order valence-electron chi connectivity index (χ4n) is 3.47. The predicted octanol–water partition coefficient (Wildman–Crippen LogP) is 4.22. The van der Waals surface area contributed by atoms with Crippen LogP contribution in [0.15, 0.2) is 18.2 Å². The summed E-state index contributed by atoms with van der Waals surface area (Å²) in [6.45, 7) is 8.24. The van der Waals surface area contributed by atoms with Crippen molar-refractivity contribution in [3.63, 3.8) is 0 Å². The minimum absolute atomic E-state index is 0.0966. The van der Waals surface area contributed by atoms with Crippen LogP contribution in [0.4, 0.5) is 0 Å². The number of phosphoric ester groups is 1. The normalized spacial score (nSPS) is 12.0. The summed E-state index contributed by atoms with van der Waals surface area (Å²) < 4.78 is 17.5. The zero-order chi connectivity index (χ0) is 21.9. The summed E-state index contributed by atoms with van der Waals surface area (Å²) in [6.07, 6.45) is 1.08. The number of phosphoric acid groups is 1. The summed E-state index contributed by atoms with van der Waals surface area (Å²) >= 11 is 6.33. The molecule has 4 N–H and O–H groups in total. The van der Waals surface area contributed by atoms with Gasteiger partial charge >= 0.3 is 7.82 Å². The van der Waals surface area contributed by atoms with Gasteiger partial charge in [0.1, 0.15) is 0 Å². The lowest BCUT2D eigenvalue weighted by Gasteiger charge is -2.15. The SMILES string of the molecule is Cc1ccc(-c2c(C(N)=O)c(C)n(CCCOP(=O)(O)O)c2CC(C)C)cc1Cl. The average molecular weight is 443 g/mol. The van der Waals surface area contributed by atoms with Crippen molar-refractivity contribution in [2.45, 2.75) is 47.1 Å². The van der Waals surface area contributed by atoms with Gasteiger partial charge < -0.3 is 20.1 Å². The van der Waals surface area contributed by atoms with Crippen LogP contribution in [0.2, 0.25) is 5.02 Å². The van der Waals surface area contributed by atoms with E-state index in [1.807, 2.05) is 36.6 Å². The first-order valence-corrected chi connectivity index (χ1v) is 11.3. The predicted molar refractivity (Wildman–Crippen MR) is 114 cm³/mol. The van der Waals surface area contributed by atoms with Crippen LogP contribution in [0.5, 0.6) is 0 Å². The second-order valence-electron chi connectivity index (χ2n) is 7.54. The summed E-state index contributed by atoms with van der Waals surface area (Å²) in [5, 5.41) is 0.605. The molecule has 29 heavy (non-hydrogen) atoms. The molecule has 160 valence electrons. The fourth-order valence-corrected chi connectivity index (χ4v) is 4.01. The Morgan fingerprint density at radius 2 is 1.97 bits per heavy atom. The maximum absolute atomic E-state index is 12.3. The molecular formula is C20H28ClN2O5P. The van der Waals surface area contributed by atoms with Crippen molar-refractivity contribution < 1.29 is 23.7 Å². The molecule has 2 aromatic rings. The molecule has 1 heterocycles. The van der Waals surface area contributed by atoms with E-state index in [2.05, 4.69) is 18.4 Å². The second kappa shape index (κ2) is 9.45. The van der Waals surface area contributed by atoms with Gasteiger partial charge in [-0.15, -0.1) is 0 Å². The maximum Gasteiger partial charge on any atom is 0.469 e. The zero-order valence-corrected chi connectivity index (χ0v) is 18.8. The van der Waals surface area contributed by atoms with Gasteiger partial charge in [-0.2, -0.15) is 0 Å². The van der Waals surface area contributed by atoms with Crippen LogP contribution in [-0.2, 0) is 22.1 Å². The van der Waals surface area contributed by atoms with Crippen molar-refractivity contribution in [2.75, 3.05) is 6.61 Å². The number of aryl methyl sites for hydroxylation is 1. The Balaban J connectivity index is 2.56. The van der Waals surface area contributed by atoms with Gasteiger partial charge in [0, 0.05) is 28.5 Å². The van der Waals surface area contributed by atoms with E-state index in [0.717, 1.165) is 28.1 Å². The number of amides is 1. The molecule has 0 bridgehead atoms. The minimum atomic E-state index is -4.51. The largest absolute Gasteiger partial charge is 0.469 e. The maximum atomic E-state index is 12.3. The van der Waals surface area contributed by atoms with Crippen LogP contribution >= 0.6 is 19.4 Å². The van der Waals surface area contributed by atoms with Gasteiger partial charge in [0.15, 0.2) is 0 Å². The van der Waals surface area contributed by atoms with Gasteiger partial charge in [0.25, 0.3) is 5.91 Å². The van der Waals surface area contributed by atoms with E-state index in [1.165, 1.54) is 0 Å². The molecule has 7 nitrogen and oxygen atoms in total. The van der Waals surface area contributed by atoms with Crippen molar-refractivity contribution in [1.82, 2.24) is 4.57 Å². The summed E-state index contributed by atoms with van der Waals surface area (Å²) in [7, 11) is -4.51. The number of halogens is 1. The number of benzene rings is 1. The Labute approximate surface area is 176 Å². The molecule has 1 amide bonds. The molecule has 0 radical (unpaired) electrons. The number of carbonyl (C=O) groups excluding carboxylic acids is 1. The van der Waals surface area contributed by atoms with Gasteiger partial charge in [0.05, 0.1) is 12.2 Å². The number of nitrogens with two attached hydrogens (primary N) is 1. The summed E-state index contributed by atoms with van der Waals surface area (Å²) in [4.78, 5) is 30.1. The van der Waals surface area contributed by atoms with Crippen LogP contribution in [0.1, 0.15) is 47.6 Å². The first-order valence-electron chi connectivity index (χ1n) is 9.40. The van der Waals surface area contributed by atoms with Crippen LogP contribution < -0.4 is 5.73 Å². The molecule has 0 fully saturated rings. The van der Waals surface area contributed by atoms with Gasteiger partial charge in [-0.25, -0.2) is 4.57 Å². The van der Waals surface area contributed by atoms with Crippen LogP contribution in [0, 0.1) is 19.8 Å². The zero-order valence-electron chi connectivity index (χ0n) is 17.1. The fraction of sp³-hybridized carbons (Fsp3) is 0.450. The van der Waals surface area contributed by atoms with Crippen LogP contribution in [0.25, 0.3) is 11.1 Å². The Bertz CT molecular complexity index is 949. The van der Waals surface area contributed by atoms with E-state index >= 15 is 0 Å². The van der Waals surface area contributed by atoms with E-state index < -0.39 is 13.7 Å². The lowest BCUT2D eigenvalue weighted by molar-refractivity contribution is 0.1000. The third kappa shape index (κ3) is 5.93.